The van der Waals surface area contributed by atoms with Crippen molar-refractivity contribution in [1.29, 1.82) is 0 Å². The van der Waals surface area contributed by atoms with Gasteiger partial charge >= 0.3 is 0 Å². The summed E-state index contributed by atoms with van der Waals surface area (Å²) in [6.07, 6.45) is -0.535. The zero-order valence-corrected chi connectivity index (χ0v) is 4.45. The highest BCUT2D eigenvalue weighted by atomic mass is 16.3. The molecule has 0 saturated heterocycles. The Morgan fingerprint density at radius 1 is 1.62 bits per heavy atom. The van der Waals surface area contributed by atoms with Crippen LogP contribution in [0.5, 0.6) is 0 Å². The van der Waals surface area contributed by atoms with Crippen LogP contribution in [-0.2, 0) is 0 Å². The molecule has 2 N–H and O–H groups in total. The molecular formula is C4H9NO3. The van der Waals surface area contributed by atoms with E-state index in [1.165, 1.54) is 0 Å². The van der Waals surface area contributed by atoms with Crippen molar-refractivity contribution in [2.45, 2.75) is 12.5 Å². The summed E-state index contributed by atoms with van der Waals surface area (Å²) in [4.78, 5) is 9.38. The van der Waals surface area contributed by atoms with Crippen LogP contribution in [0.2, 0.25) is 0 Å². The van der Waals surface area contributed by atoms with Crippen molar-refractivity contribution in [3.63, 3.8) is 0 Å². The van der Waals surface area contributed by atoms with Crippen LogP contribution in [-0.4, -0.2) is 29.5 Å². The molecule has 0 spiro atoms. The number of hydrogen-bond acceptors (Lipinski definition) is 4. The van der Waals surface area contributed by atoms with E-state index in [9.17, 15) is 4.91 Å². The van der Waals surface area contributed by atoms with Crippen LogP contribution in [0, 0.1) is 4.91 Å². The van der Waals surface area contributed by atoms with E-state index in [0.717, 1.165) is 0 Å². The van der Waals surface area contributed by atoms with Gasteiger partial charge in [-0.3, -0.25) is 0 Å². The van der Waals surface area contributed by atoms with Crippen molar-refractivity contribution >= 4 is 0 Å². The highest BCUT2D eigenvalue weighted by Gasteiger charge is 1.98. The predicted octanol–water partition coefficient (Wildman–Crippen LogP) is -0.504. The Kier molecular flexibility index (Phi) is 4.39. The van der Waals surface area contributed by atoms with E-state index in [4.69, 9.17) is 10.2 Å². The highest BCUT2D eigenvalue weighted by molar-refractivity contribution is 4.53. The summed E-state index contributed by atoms with van der Waals surface area (Å²) in [7, 11) is 0. The largest absolute Gasteiger partial charge is 0.394 e. The van der Waals surface area contributed by atoms with E-state index in [1.807, 2.05) is 0 Å². The van der Waals surface area contributed by atoms with Crippen LogP contribution < -0.4 is 0 Å². The van der Waals surface area contributed by atoms with Crippen LogP contribution in [0.1, 0.15) is 6.42 Å². The lowest BCUT2D eigenvalue weighted by Crippen LogP contribution is -2.12. The Hall–Kier alpha value is -0.480. The lowest BCUT2D eigenvalue weighted by Gasteiger charge is -2.00. The van der Waals surface area contributed by atoms with Crippen LogP contribution >= 0.6 is 0 Å². The van der Waals surface area contributed by atoms with Gasteiger partial charge in [-0.05, 0) is 6.42 Å². The fourth-order valence-corrected chi connectivity index (χ4v) is 0.293. The van der Waals surface area contributed by atoms with E-state index in [0.29, 0.717) is 0 Å². The molecule has 0 aliphatic rings. The van der Waals surface area contributed by atoms with Crippen molar-refractivity contribution < 1.29 is 10.2 Å². The Labute approximate surface area is 47.1 Å². The number of rotatable bonds is 4. The summed E-state index contributed by atoms with van der Waals surface area (Å²) in [5.74, 6) is 0. The van der Waals surface area contributed by atoms with E-state index < -0.39 is 6.10 Å². The molecule has 4 nitrogen and oxygen atoms in total. The Morgan fingerprint density at radius 2 is 2.25 bits per heavy atom. The van der Waals surface area contributed by atoms with Crippen molar-refractivity contribution in [3.05, 3.63) is 4.91 Å². The first-order valence-corrected chi connectivity index (χ1v) is 2.39. The number of nitroso groups, excluding NO2 is 1. The van der Waals surface area contributed by atoms with Crippen LogP contribution in [0.4, 0.5) is 0 Å². The Balaban J connectivity index is 2.97. The molecule has 8 heavy (non-hydrogen) atoms. The van der Waals surface area contributed by atoms with Gasteiger partial charge in [0.2, 0.25) is 0 Å². The van der Waals surface area contributed by atoms with Gasteiger partial charge < -0.3 is 10.2 Å². The lowest BCUT2D eigenvalue weighted by molar-refractivity contribution is 0.0903. The van der Waals surface area contributed by atoms with Gasteiger partial charge in [-0.15, -0.1) is 0 Å². The normalized spacial score (nSPS) is 13.2. The van der Waals surface area contributed by atoms with E-state index in [1.54, 1.807) is 0 Å². The number of hydrogen-bond donors (Lipinski definition) is 2. The Bertz CT molecular complexity index is 66.3. The van der Waals surface area contributed by atoms with Crippen LogP contribution in [0.15, 0.2) is 5.18 Å². The van der Waals surface area contributed by atoms with Crippen LogP contribution in [0.3, 0.4) is 0 Å². The maximum Gasteiger partial charge on any atom is 0.0836 e. The van der Waals surface area contributed by atoms with Crippen molar-refractivity contribution in [2.24, 2.45) is 5.18 Å². The molecule has 0 fully saturated rings. The number of nitrogens with zero attached hydrogens (tertiary/aromatic N) is 1. The minimum Gasteiger partial charge on any atom is -0.394 e. The molecule has 0 aromatic heterocycles. The molecule has 48 valence electrons. The van der Waals surface area contributed by atoms with E-state index in [-0.39, 0.29) is 19.6 Å². The molecule has 0 saturated carbocycles. The average molecular weight is 119 g/mol. The zero-order chi connectivity index (χ0) is 6.41. The van der Waals surface area contributed by atoms with Gasteiger partial charge in [0.1, 0.15) is 0 Å². The highest BCUT2D eigenvalue weighted by Crippen LogP contribution is 1.88. The van der Waals surface area contributed by atoms with Crippen molar-refractivity contribution in [2.75, 3.05) is 13.2 Å². The van der Waals surface area contributed by atoms with Gasteiger partial charge in [0.25, 0.3) is 0 Å². The summed E-state index contributed by atoms with van der Waals surface area (Å²) < 4.78 is 0. The Morgan fingerprint density at radius 3 is 2.62 bits per heavy atom. The summed E-state index contributed by atoms with van der Waals surface area (Å²) in [6.45, 7) is -0.225. The van der Waals surface area contributed by atoms with Crippen molar-refractivity contribution in [1.82, 2.24) is 0 Å². The third kappa shape index (κ3) is 3.70. The van der Waals surface area contributed by atoms with Crippen LogP contribution in [0.25, 0.3) is 0 Å². The molecule has 0 radical (unpaired) electrons. The quantitative estimate of drug-likeness (QED) is 0.490. The monoisotopic (exact) mass is 119 g/mol. The van der Waals surface area contributed by atoms with Gasteiger partial charge in [-0.25, -0.2) is 0 Å². The van der Waals surface area contributed by atoms with Gasteiger partial charge in [0, 0.05) is 0 Å². The molecule has 0 bridgehead atoms. The van der Waals surface area contributed by atoms with Gasteiger partial charge in [0.05, 0.1) is 19.3 Å². The fraction of sp³-hybridized carbons (Fsp3) is 1.00. The first-order valence-electron chi connectivity index (χ1n) is 2.39. The molecule has 0 aliphatic carbocycles. The molecule has 0 amide bonds. The number of aliphatic hydroxyl groups is 2. The second-order valence-electron chi connectivity index (χ2n) is 1.48. The second kappa shape index (κ2) is 4.67. The van der Waals surface area contributed by atoms with E-state index >= 15 is 0 Å². The summed E-state index contributed by atoms with van der Waals surface area (Å²) >= 11 is 0. The molecular weight excluding hydrogens is 110 g/mol. The molecule has 4 heteroatoms. The minimum atomic E-state index is -0.785. The topological polar surface area (TPSA) is 69.9 Å². The maximum absolute atomic E-state index is 9.38. The summed E-state index contributed by atoms with van der Waals surface area (Å²) in [5.41, 5.74) is 0. The second-order valence-corrected chi connectivity index (χ2v) is 1.48. The first kappa shape index (κ1) is 7.52. The average Bonchev–Trinajstić information content (AvgIpc) is 1.83. The SMILES string of the molecule is O=NCCC(O)CO. The number of aliphatic hydroxyl groups excluding tert-OH is 2. The third-order valence-corrected chi connectivity index (χ3v) is 0.764. The molecule has 1 atom stereocenters. The molecule has 0 rings (SSSR count). The molecule has 0 aromatic carbocycles. The summed E-state index contributed by atoms with van der Waals surface area (Å²) in [5, 5.41) is 19.2. The summed E-state index contributed by atoms with van der Waals surface area (Å²) in [6, 6.07) is 0. The van der Waals surface area contributed by atoms with Gasteiger partial charge in [-0.1, -0.05) is 5.18 Å². The molecule has 0 aliphatic heterocycles. The first-order chi connectivity index (χ1) is 3.81. The molecule has 0 heterocycles. The maximum atomic E-state index is 9.38. The van der Waals surface area contributed by atoms with Gasteiger partial charge in [-0.2, -0.15) is 4.91 Å². The lowest BCUT2D eigenvalue weighted by atomic mass is 10.3. The van der Waals surface area contributed by atoms with Gasteiger partial charge in [0.15, 0.2) is 0 Å². The smallest absolute Gasteiger partial charge is 0.0836 e. The third-order valence-electron chi connectivity index (χ3n) is 0.764. The predicted molar refractivity (Wildman–Crippen MR) is 28.4 cm³/mol. The minimum absolute atomic E-state index is 0.0712. The fourth-order valence-electron chi connectivity index (χ4n) is 0.293. The van der Waals surface area contributed by atoms with E-state index in [2.05, 4.69) is 5.18 Å². The molecule has 0 aromatic rings. The zero-order valence-electron chi connectivity index (χ0n) is 4.45. The molecule has 1 unspecified atom stereocenters. The standard InChI is InChI=1S/C4H9NO3/c6-3-4(7)1-2-5-8/h4,6-7H,1-3H2. The van der Waals surface area contributed by atoms with Crippen molar-refractivity contribution in [3.8, 4) is 0 Å².